The molecule has 0 radical (unpaired) electrons. The van der Waals surface area contributed by atoms with E-state index in [1.54, 1.807) is 0 Å². The van der Waals surface area contributed by atoms with E-state index in [4.69, 9.17) is 4.74 Å². The van der Waals surface area contributed by atoms with E-state index >= 15 is 0 Å². The normalized spacial score (nSPS) is 13.1. The van der Waals surface area contributed by atoms with Crippen molar-refractivity contribution in [1.29, 1.82) is 0 Å². The molecule has 0 spiro atoms. The van der Waals surface area contributed by atoms with E-state index in [1.807, 2.05) is 6.92 Å². The molecule has 0 rings (SSSR count). The van der Waals surface area contributed by atoms with Crippen LogP contribution < -0.4 is 0 Å². The summed E-state index contributed by atoms with van der Waals surface area (Å²) >= 11 is 0. The molecule has 0 saturated heterocycles. The topological polar surface area (TPSA) is 78.9 Å². The Morgan fingerprint density at radius 2 is 1.50 bits per heavy atom. The van der Waals surface area contributed by atoms with Crippen LogP contribution in [-0.2, 0) is 28.6 Å². The molecular weight excluding hydrogens is 264 g/mol. The summed E-state index contributed by atoms with van der Waals surface area (Å²) in [5.41, 5.74) is 0.166. The molecule has 6 nitrogen and oxygen atoms in total. The Morgan fingerprint density at radius 3 is 1.90 bits per heavy atom. The fourth-order valence-electron chi connectivity index (χ4n) is 1.79. The van der Waals surface area contributed by atoms with Gasteiger partial charge in [0.2, 0.25) is 0 Å². The van der Waals surface area contributed by atoms with Crippen LogP contribution in [0.3, 0.4) is 0 Å². The maximum atomic E-state index is 11.9. The highest BCUT2D eigenvalue weighted by Crippen LogP contribution is 2.23. The minimum absolute atomic E-state index is 0.000324. The maximum absolute atomic E-state index is 11.9. The number of unbranched alkanes of at least 4 members (excludes halogenated alkanes) is 1. The molecule has 0 fully saturated rings. The number of rotatable bonds is 7. The zero-order valence-electron chi connectivity index (χ0n) is 12.6. The Kier molecular flexibility index (Phi) is 8.27. The molecule has 0 aliphatic heterocycles. The molecule has 0 heterocycles. The van der Waals surface area contributed by atoms with E-state index in [2.05, 4.69) is 9.47 Å². The van der Waals surface area contributed by atoms with Crippen LogP contribution >= 0.6 is 0 Å². The van der Waals surface area contributed by atoms with Crippen LogP contribution in [0.25, 0.3) is 0 Å². The van der Waals surface area contributed by atoms with Crippen LogP contribution in [0.15, 0.2) is 11.1 Å². The van der Waals surface area contributed by atoms with Gasteiger partial charge in [0.1, 0.15) is 0 Å². The number of esters is 3. The lowest BCUT2D eigenvalue weighted by atomic mass is 9.92. The van der Waals surface area contributed by atoms with E-state index in [9.17, 15) is 14.4 Å². The summed E-state index contributed by atoms with van der Waals surface area (Å²) in [5, 5.41) is 0. The van der Waals surface area contributed by atoms with E-state index in [-0.39, 0.29) is 11.1 Å². The molecule has 0 aliphatic carbocycles. The second kappa shape index (κ2) is 9.12. The number of hydrogen-bond acceptors (Lipinski definition) is 6. The Balaban J connectivity index is 5.79. The van der Waals surface area contributed by atoms with Crippen molar-refractivity contribution in [2.24, 2.45) is 5.92 Å². The van der Waals surface area contributed by atoms with Gasteiger partial charge in [-0.2, -0.15) is 0 Å². The van der Waals surface area contributed by atoms with E-state index in [1.165, 1.54) is 28.3 Å². The summed E-state index contributed by atoms with van der Waals surface area (Å²) in [6, 6.07) is 0. The quantitative estimate of drug-likeness (QED) is 0.402. The van der Waals surface area contributed by atoms with E-state index in [0.29, 0.717) is 12.8 Å². The van der Waals surface area contributed by atoms with Gasteiger partial charge in [-0.05, 0) is 19.8 Å². The molecule has 0 N–H and O–H groups in total. The zero-order chi connectivity index (χ0) is 15.7. The molecule has 1 atom stereocenters. The third-order valence-electron chi connectivity index (χ3n) is 2.93. The first kappa shape index (κ1) is 18.1. The minimum Gasteiger partial charge on any atom is -0.469 e. The number of methoxy groups -OCH3 is 3. The number of ether oxygens (including phenoxy) is 3. The lowest BCUT2D eigenvalue weighted by Gasteiger charge is -2.16. The monoisotopic (exact) mass is 286 g/mol. The van der Waals surface area contributed by atoms with Gasteiger partial charge < -0.3 is 14.2 Å². The first-order valence-electron chi connectivity index (χ1n) is 6.41. The summed E-state index contributed by atoms with van der Waals surface area (Å²) in [7, 11) is 3.64. The predicted molar refractivity (Wildman–Crippen MR) is 71.8 cm³/mol. The van der Waals surface area contributed by atoms with Crippen LogP contribution in [0, 0.1) is 5.92 Å². The van der Waals surface area contributed by atoms with Crippen molar-refractivity contribution in [3.05, 3.63) is 11.1 Å². The molecule has 0 amide bonds. The van der Waals surface area contributed by atoms with Gasteiger partial charge in [-0.1, -0.05) is 13.3 Å². The first-order chi connectivity index (χ1) is 9.44. The maximum Gasteiger partial charge on any atom is 0.335 e. The van der Waals surface area contributed by atoms with Crippen molar-refractivity contribution in [1.82, 2.24) is 0 Å². The Labute approximate surface area is 119 Å². The fraction of sp³-hybridized carbons (Fsp3) is 0.643. The van der Waals surface area contributed by atoms with Crippen molar-refractivity contribution in [3.8, 4) is 0 Å². The summed E-state index contributed by atoms with van der Waals surface area (Å²) in [6.45, 7) is 3.45. The van der Waals surface area contributed by atoms with Crippen LogP contribution in [0.1, 0.15) is 33.1 Å². The van der Waals surface area contributed by atoms with Gasteiger partial charge in [-0.3, -0.25) is 4.79 Å². The van der Waals surface area contributed by atoms with Gasteiger partial charge in [0.25, 0.3) is 0 Å². The second-order valence-electron chi connectivity index (χ2n) is 4.22. The standard InChI is InChI=1S/C14H22O6/c1-6-7-8-10(13(16)19-4)11(14(17)20-5)9(2)12(15)18-3/h9H,6-8H2,1-5H3/b11-10+/t9-/m1/s1. The summed E-state index contributed by atoms with van der Waals surface area (Å²) < 4.78 is 14.0. The predicted octanol–water partition coefficient (Wildman–Crippen LogP) is 1.63. The highest BCUT2D eigenvalue weighted by atomic mass is 16.5. The lowest BCUT2D eigenvalue weighted by molar-refractivity contribution is -0.147. The highest BCUT2D eigenvalue weighted by Gasteiger charge is 2.31. The Hall–Kier alpha value is -1.85. The smallest absolute Gasteiger partial charge is 0.335 e. The van der Waals surface area contributed by atoms with Gasteiger partial charge in [0, 0.05) is 5.57 Å². The number of hydrogen-bond donors (Lipinski definition) is 0. The van der Waals surface area contributed by atoms with E-state index in [0.717, 1.165) is 6.42 Å². The van der Waals surface area contributed by atoms with Crippen LogP contribution in [0.4, 0.5) is 0 Å². The second-order valence-corrected chi connectivity index (χ2v) is 4.22. The molecule has 0 unspecified atom stereocenters. The average molecular weight is 286 g/mol. The molecular formula is C14H22O6. The number of carbonyl (C=O) groups is 3. The average Bonchev–Trinajstić information content (AvgIpc) is 2.48. The molecule has 0 aliphatic rings. The molecule has 6 heteroatoms. The van der Waals surface area contributed by atoms with Crippen LogP contribution in [-0.4, -0.2) is 39.2 Å². The minimum atomic E-state index is -0.890. The summed E-state index contributed by atoms with van der Waals surface area (Å²) in [5.74, 6) is -2.85. The zero-order valence-corrected chi connectivity index (χ0v) is 12.6. The molecule has 0 bridgehead atoms. The van der Waals surface area contributed by atoms with Gasteiger partial charge >= 0.3 is 17.9 Å². The third kappa shape index (κ3) is 4.68. The Bertz CT molecular complexity index is 396. The molecule has 0 saturated carbocycles. The molecule has 114 valence electrons. The summed E-state index contributed by atoms with van der Waals surface area (Å²) in [4.78, 5) is 35.4. The van der Waals surface area contributed by atoms with E-state index < -0.39 is 23.8 Å². The van der Waals surface area contributed by atoms with Gasteiger partial charge in [-0.15, -0.1) is 0 Å². The number of carbonyl (C=O) groups excluding carboxylic acids is 3. The van der Waals surface area contributed by atoms with Gasteiger partial charge in [0.05, 0.1) is 32.8 Å². The fourth-order valence-corrected chi connectivity index (χ4v) is 1.79. The van der Waals surface area contributed by atoms with Crippen molar-refractivity contribution >= 4 is 17.9 Å². The third-order valence-corrected chi connectivity index (χ3v) is 2.93. The van der Waals surface area contributed by atoms with Crippen LogP contribution in [0.5, 0.6) is 0 Å². The molecule has 0 aromatic rings. The molecule has 0 aromatic carbocycles. The Morgan fingerprint density at radius 1 is 0.950 bits per heavy atom. The summed E-state index contributed by atoms with van der Waals surface area (Å²) in [6.07, 6.45) is 1.87. The van der Waals surface area contributed by atoms with Crippen LogP contribution in [0.2, 0.25) is 0 Å². The molecule has 0 aromatic heterocycles. The van der Waals surface area contributed by atoms with Crippen molar-refractivity contribution in [2.75, 3.05) is 21.3 Å². The van der Waals surface area contributed by atoms with Gasteiger partial charge in [0.15, 0.2) is 0 Å². The van der Waals surface area contributed by atoms with Crippen molar-refractivity contribution < 1.29 is 28.6 Å². The SMILES string of the molecule is CCCC/C(C(=O)OC)=C(\C(=O)OC)[C@@H](C)C(=O)OC. The highest BCUT2D eigenvalue weighted by molar-refractivity contribution is 6.03. The van der Waals surface area contributed by atoms with Crippen molar-refractivity contribution in [2.45, 2.75) is 33.1 Å². The van der Waals surface area contributed by atoms with Gasteiger partial charge in [-0.25, -0.2) is 9.59 Å². The molecule has 20 heavy (non-hydrogen) atoms. The lowest BCUT2D eigenvalue weighted by Crippen LogP contribution is -2.25. The van der Waals surface area contributed by atoms with Crippen molar-refractivity contribution in [3.63, 3.8) is 0 Å². The largest absolute Gasteiger partial charge is 0.469 e. The first-order valence-corrected chi connectivity index (χ1v) is 6.41.